The number of amides is 2. The van der Waals surface area contributed by atoms with Crippen LogP contribution in [0.5, 0.6) is 0 Å². The number of rotatable bonds is 4. The van der Waals surface area contributed by atoms with Crippen molar-refractivity contribution in [3.63, 3.8) is 0 Å². The number of hydrogen-bond acceptors (Lipinski definition) is 2. The molecule has 0 spiro atoms. The largest absolute Gasteiger partial charge is 0.369 e. The zero-order valence-electron chi connectivity index (χ0n) is 14.9. The lowest BCUT2D eigenvalue weighted by molar-refractivity contribution is -0.921. The zero-order valence-corrected chi connectivity index (χ0v) is 14.9. The van der Waals surface area contributed by atoms with E-state index in [4.69, 9.17) is 5.73 Å². The standard InChI is InChI=1S/C19H31N3O2/c1-12(22-4-2-3-16(11-22)17(20)23)18(24)21-19-8-13-5-14(9-19)7-15(6-13)10-19/h12-16H,2-11H2,1H3,(H2,20,23)(H,21,24)/p+1/t12-,13?,14?,15?,16+,19?/m1/s1. The molecule has 0 aromatic rings. The van der Waals surface area contributed by atoms with E-state index >= 15 is 0 Å². The first-order valence-electron chi connectivity index (χ1n) is 9.90. The van der Waals surface area contributed by atoms with Crippen LogP contribution in [0.3, 0.4) is 0 Å². The van der Waals surface area contributed by atoms with E-state index in [1.165, 1.54) is 43.4 Å². The van der Waals surface area contributed by atoms with E-state index in [-0.39, 0.29) is 29.3 Å². The van der Waals surface area contributed by atoms with Crippen LogP contribution >= 0.6 is 0 Å². The van der Waals surface area contributed by atoms with Crippen molar-refractivity contribution >= 4 is 11.8 Å². The zero-order chi connectivity index (χ0) is 16.9. The lowest BCUT2D eigenvalue weighted by Gasteiger charge is -2.57. The monoisotopic (exact) mass is 334 g/mol. The van der Waals surface area contributed by atoms with Gasteiger partial charge in [0.1, 0.15) is 0 Å². The predicted molar refractivity (Wildman–Crippen MR) is 91.1 cm³/mol. The van der Waals surface area contributed by atoms with E-state index in [2.05, 4.69) is 5.32 Å². The topological polar surface area (TPSA) is 76.6 Å². The van der Waals surface area contributed by atoms with Gasteiger partial charge in [0.2, 0.25) is 5.91 Å². The second-order valence-corrected chi connectivity index (χ2v) is 9.26. The summed E-state index contributed by atoms with van der Waals surface area (Å²) in [6.07, 6.45) is 9.61. The molecular weight excluding hydrogens is 302 g/mol. The number of carbonyl (C=O) groups is 2. The Bertz CT molecular complexity index is 497. The molecule has 3 atom stereocenters. The van der Waals surface area contributed by atoms with Crippen molar-refractivity contribution in [2.75, 3.05) is 13.1 Å². The van der Waals surface area contributed by atoms with Crippen molar-refractivity contribution in [1.82, 2.24) is 5.32 Å². The molecule has 134 valence electrons. The van der Waals surface area contributed by atoms with Gasteiger partial charge in [-0.15, -0.1) is 0 Å². The van der Waals surface area contributed by atoms with Crippen LogP contribution in [0.2, 0.25) is 0 Å². The van der Waals surface area contributed by atoms with Gasteiger partial charge in [-0.05, 0) is 76.0 Å². The minimum absolute atomic E-state index is 0.0662. The molecule has 4 aliphatic carbocycles. The van der Waals surface area contributed by atoms with Gasteiger partial charge in [-0.25, -0.2) is 0 Å². The van der Waals surface area contributed by atoms with Gasteiger partial charge < -0.3 is 16.0 Å². The van der Waals surface area contributed by atoms with Crippen LogP contribution < -0.4 is 16.0 Å². The third-order valence-corrected chi connectivity index (χ3v) is 7.39. The number of likely N-dealkylation sites (tertiary alicyclic amines) is 1. The second kappa shape index (κ2) is 6.01. The lowest BCUT2D eigenvalue weighted by Crippen LogP contribution is -3.18. The number of hydrogen-bond donors (Lipinski definition) is 3. The quantitative estimate of drug-likeness (QED) is 0.689. The minimum atomic E-state index is -0.208. The van der Waals surface area contributed by atoms with Gasteiger partial charge >= 0.3 is 0 Å². The average molecular weight is 334 g/mol. The molecule has 1 aliphatic heterocycles. The van der Waals surface area contributed by atoms with Crippen molar-refractivity contribution in [2.45, 2.75) is 69.9 Å². The highest BCUT2D eigenvalue weighted by molar-refractivity contribution is 5.81. The maximum Gasteiger partial charge on any atom is 0.278 e. The molecule has 4 bridgehead atoms. The molecule has 0 aromatic heterocycles. The fraction of sp³-hybridized carbons (Fsp3) is 0.895. The molecule has 0 aromatic carbocycles. The molecule has 5 rings (SSSR count). The number of nitrogens with one attached hydrogen (secondary N) is 2. The van der Waals surface area contributed by atoms with Crippen LogP contribution in [0.1, 0.15) is 58.3 Å². The van der Waals surface area contributed by atoms with E-state index in [0.29, 0.717) is 6.54 Å². The highest BCUT2D eigenvalue weighted by Gasteiger charge is 2.52. The fourth-order valence-corrected chi connectivity index (χ4v) is 6.55. The summed E-state index contributed by atoms with van der Waals surface area (Å²) in [4.78, 5) is 25.7. The molecule has 24 heavy (non-hydrogen) atoms. The summed E-state index contributed by atoms with van der Waals surface area (Å²) in [6.45, 7) is 3.71. The van der Waals surface area contributed by atoms with Gasteiger partial charge in [-0.3, -0.25) is 9.59 Å². The smallest absolute Gasteiger partial charge is 0.278 e. The molecule has 1 saturated heterocycles. The first-order valence-corrected chi connectivity index (χ1v) is 9.90. The highest BCUT2D eigenvalue weighted by atomic mass is 16.2. The van der Waals surface area contributed by atoms with Crippen LogP contribution in [0.25, 0.3) is 0 Å². The SMILES string of the molecule is C[C@H](C(=O)NC12CC3CC(CC(C3)C1)C2)[NH+]1CCC[C@H](C(N)=O)C1. The minimum Gasteiger partial charge on any atom is -0.369 e. The molecule has 1 unspecified atom stereocenters. The Morgan fingerprint density at radius 1 is 1.12 bits per heavy atom. The van der Waals surface area contributed by atoms with E-state index < -0.39 is 0 Å². The third-order valence-electron chi connectivity index (χ3n) is 7.39. The first kappa shape index (κ1) is 16.4. The maximum absolute atomic E-state index is 13.0. The molecule has 4 saturated carbocycles. The van der Waals surface area contributed by atoms with Gasteiger partial charge in [0, 0.05) is 5.54 Å². The van der Waals surface area contributed by atoms with Crippen LogP contribution in [-0.2, 0) is 9.59 Å². The number of nitrogens with two attached hydrogens (primary N) is 1. The van der Waals surface area contributed by atoms with E-state index in [1.54, 1.807) is 0 Å². The average Bonchev–Trinajstić information content (AvgIpc) is 2.52. The summed E-state index contributed by atoms with van der Waals surface area (Å²) in [5.74, 6) is 2.44. The Morgan fingerprint density at radius 3 is 2.25 bits per heavy atom. The van der Waals surface area contributed by atoms with Crippen LogP contribution in [-0.4, -0.2) is 36.5 Å². The molecule has 1 heterocycles. The molecule has 5 aliphatic rings. The van der Waals surface area contributed by atoms with E-state index in [1.807, 2.05) is 6.92 Å². The first-order chi connectivity index (χ1) is 11.4. The van der Waals surface area contributed by atoms with Crippen molar-refractivity contribution in [1.29, 1.82) is 0 Å². The fourth-order valence-electron chi connectivity index (χ4n) is 6.55. The molecular formula is C19H32N3O2+. The van der Waals surface area contributed by atoms with Crippen molar-refractivity contribution < 1.29 is 14.5 Å². The Labute approximate surface area is 144 Å². The van der Waals surface area contributed by atoms with Crippen molar-refractivity contribution in [3.8, 4) is 0 Å². The van der Waals surface area contributed by atoms with Gasteiger partial charge in [-0.2, -0.15) is 0 Å². The summed E-state index contributed by atoms with van der Waals surface area (Å²) in [6, 6.07) is -0.0832. The Balaban J connectivity index is 1.40. The Morgan fingerprint density at radius 2 is 1.71 bits per heavy atom. The highest BCUT2D eigenvalue weighted by Crippen LogP contribution is 2.55. The third kappa shape index (κ3) is 2.96. The van der Waals surface area contributed by atoms with Crippen molar-refractivity contribution in [2.24, 2.45) is 29.4 Å². The van der Waals surface area contributed by atoms with Gasteiger partial charge in [0.25, 0.3) is 5.91 Å². The molecule has 0 radical (unpaired) electrons. The summed E-state index contributed by atoms with van der Waals surface area (Å²) in [5, 5.41) is 3.49. The van der Waals surface area contributed by atoms with Gasteiger partial charge in [0.05, 0.1) is 19.0 Å². The Kier molecular flexibility index (Phi) is 4.10. The molecule has 5 heteroatoms. The lowest BCUT2D eigenvalue weighted by atomic mass is 9.53. The number of piperidine rings is 1. The van der Waals surface area contributed by atoms with Crippen molar-refractivity contribution in [3.05, 3.63) is 0 Å². The normalized spacial score (nSPS) is 45.0. The number of quaternary nitrogens is 1. The van der Waals surface area contributed by atoms with E-state index in [9.17, 15) is 9.59 Å². The van der Waals surface area contributed by atoms with Crippen LogP contribution in [0.15, 0.2) is 0 Å². The Hall–Kier alpha value is -1.10. The summed E-state index contributed by atoms with van der Waals surface area (Å²) in [5.41, 5.74) is 5.57. The number of primary amides is 1. The molecule has 2 amide bonds. The van der Waals surface area contributed by atoms with Crippen LogP contribution in [0, 0.1) is 23.7 Å². The van der Waals surface area contributed by atoms with Gasteiger partial charge in [-0.1, -0.05) is 0 Å². The molecule has 5 nitrogen and oxygen atoms in total. The molecule has 4 N–H and O–H groups in total. The summed E-state index contributed by atoms with van der Waals surface area (Å²) in [7, 11) is 0. The summed E-state index contributed by atoms with van der Waals surface area (Å²) < 4.78 is 0. The predicted octanol–water partition coefficient (Wildman–Crippen LogP) is 0.240. The van der Waals surface area contributed by atoms with E-state index in [0.717, 1.165) is 37.1 Å². The second-order valence-electron chi connectivity index (χ2n) is 9.26. The van der Waals surface area contributed by atoms with Crippen LogP contribution in [0.4, 0.5) is 0 Å². The summed E-state index contributed by atoms with van der Waals surface area (Å²) >= 11 is 0. The molecule has 5 fully saturated rings. The van der Waals surface area contributed by atoms with Gasteiger partial charge in [0.15, 0.2) is 6.04 Å². The number of carbonyl (C=O) groups excluding carboxylic acids is 2. The maximum atomic E-state index is 13.0.